The van der Waals surface area contributed by atoms with E-state index in [9.17, 15) is 19.0 Å². The Bertz CT molecular complexity index is 908. The second-order valence-electron chi connectivity index (χ2n) is 6.07. The lowest BCUT2D eigenvalue weighted by atomic mass is 9.75. The molecule has 0 saturated carbocycles. The average Bonchev–Trinajstić information content (AvgIpc) is 3.03. The summed E-state index contributed by atoms with van der Waals surface area (Å²) in [5.41, 5.74) is 2.89. The number of halogens is 2. The number of hydrogen-bond donors (Lipinski definition) is 2. The average molecular weight is 392 g/mol. The van der Waals surface area contributed by atoms with Gasteiger partial charge in [0, 0.05) is 5.56 Å². The summed E-state index contributed by atoms with van der Waals surface area (Å²) < 4.78 is 23.3. The molecule has 0 radical (unpaired) electrons. The Kier molecular flexibility index (Phi) is 5.79. The molecular weight excluding hydrogens is 375 g/mol. The summed E-state index contributed by atoms with van der Waals surface area (Å²) >= 11 is 5.67. The van der Waals surface area contributed by atoms with E-state index >= 15 is 0 Å². The summed E-state index contributed by atoms with van der Waals surface area (Å²) in [5.74, 6) is -1.67. The van der Waals surface area contributed by atoms with Gasteiger partial charge < -0.3 is 19.7 Å². The van der Waals surface area contributed by atoms with Crippen molar-refractivity contribution in [3.8, 4) is 0 Å². The lowest BCUT2D eigenvalue weighted by molar-refractivity contribution is -0.143. The maximum atomic E-state index is 13.1. The number of carbonyl (C=O) groups is 2. The van der Waals surface area contributed by atoms with E-state index < -0.39 is 24.8 Å². The maximum absolute atomic E-state index is 13.1. The van der Waals surface area contributed by atoms with Crippen molar-refractivity contribution in [2.75, 3.05) is 6.54 Å². The van der Waals surface area contributed by atoms with Crippen molar-refractivity contribution in [1.29, 1.82) is 0 Å². The Morgan fingerprint density at radius 3 is 2.89 bits per heavy atom. The first kappa shape index (κ1) is 19.3. The van der Waals surface area contributed by atoms with Gasteiger partial charge in [0.2, 0.25) is 0 Å². The normalized spacial score (nSPS) is 12.7. The number of rotatable bonds is 5. The largest absolute Gasteiger partial charge is 0.492 e. The van der Waals surface area contributed by atoms with Crippen molar-refractivity contribution >= 4 is 36.1 Å². The predicted molar refractivity (Wildman–Crippen MR) is 97.1 cm³/mol. The Balaban J connectivity index is 1.55. The van der Waals surface area contributed by atoms with E-state index in [1.54, 1.807) is 19.1 Å². The molecule has 9 heteroatoms. The first-order chi connectivity index (χ1) is 12.9. The van der Waals surface area contributed by atoms with Crippen LogP contribution >= 0.6 is 11.6 Å². The zero-order chi connectivity index (χ0) is 19.6. The van der Waals surface area contributed by atoms with E-state index in [0.717, 1.165) is 5.56 Å². The van der Waals surface area contributed by atoms with Crippen LogP contribution in [-0.2, 0) is 27.4 Å². The summed E-state index contributed by atoms with van der Waals surface area (Å²) in [7, 11) is -1.06. The lowest BCUT2D eigenvalue weighted by Crippen LogP contribution is -2.35. The van der Waals surface area contributed by atoms with Crippen LogP contribution in [0.3, 0.4) is 0 Å². The summed E-state index contributed by atoms with van der Waals surface area (Å²) in [6.07, 6.45) is 0. The number of hydrogen-bond acceptors (Lipinski definition) is 5. The number of ether oxygens (including phenoxy) is 1. The molecule has 0 atom stereocenters. The minimum Gasteiger partial charge on any atom is -0.460 e. The second kappa shape index (κ2) is 8.08. The van der Waals surface area contributed by atoms with Gasteiger partial charge in [-0.3, -0.25) is 9.59 Å². The molecule has 6 nitrogen and oxygen atoms in total. The van der Waals surface area contributed by atoms with E-state index in [1.807, 2.05) is 0 Å². The van der Waals surface area contributed by atoms with Crippen LogP contribution in [0.5, 0.6) is 0 Å². The first-order valence-electron chi connectivity index (χ1n) is 8.16. The van der Waals surface area contributed by atoms with E-state index in [-0.39, 0.29) is 18.2 Å². The Morgan fingerprint density at radius 1 is 1.37 bits per heavy atom. The van der Waals surface area contributed by atoms with Gasteiger partial charge in [-0.05, 0) is 47.3 Å². The molecule has 3 rings (SSSR count). The highest BCUT2D eigenvalue weighted by molar-refractivity contribution is 6.62. The van der Waals surface area contributed by atoms with Gasteiger partial charge >= 0.3 is 13.1 Å². The van der Waals surface area contributed by atoms with Gasteiger partial charge in [-0.2, -0.15) is 0 Å². The number of benzene rings is 2. The summed E-state index contributed by atoms with van der Waals surface area (Å²) in [6, 6.07) is 7.33. The number of amides is 1. The molecule has 0 aromatic heterocycles. The highest BCUT2D eigenvalue weighted by Crippen LogP contribution is 2.17. The third kappa shape index (κ3) is 4.29. The Hall–Kier alpha value is -2.42. The van der Waals surface area contributed by atoms with Crippen LogP contribution in [0.1, 0.15) is 27.0 Å². The smallest absolute Gasteiger partial charge is 0.460 e. The Morgan fingerprint density at radius 2 is 2.15 bits per heavy atom. The molecule has 27 heavy (non-hydrogen) atoms. The van der Waals surface area contributed by atoms with Crippen LogP contribution < -0.4 is 10.8 Å². The molecule has 1 aliphatic rings. The van der Waals surface area contributed by atoms with E-state index in [4.69, 9.17) is 21.0 Å². The summed E-state index contributed by atoms with van der Waals surface area (Å²) in [4.78, 5) is 24.2. The van der Waals surface area contributed by atoms with Crippen molar-refractivity contribution in [3.63, 3.8) is 0 Å². The van der Waals surface area contributed by atoms with Crippen molar-refractivity contribution < 1.29 is 28.4 Å². The molecule has 2 N–H and O–H groups in total. The lowest BCUT2D eigenvalue weighted by Gasteiger charge is -2.11. The SMILES string of the molecule is Cc1c(C(=O)NCC(=O)OCc2ccc(F)c(Cl)c2)ccc2c1B(O)OC2. The van der Waals surface area contributed by atoms with Crippen LogP contribution in [0, 0.1) is 12.7 Å². The molecule has 0 spiro atoms. The van der Waals surface area contributed by atoms with Gasteiger partial charge in [-0.1, -0.05) is 23.7 Å². The maximum Gasteiger partial charge on any atom is 0.492 e. The molecule has 1 heterocycles. The highest BCUT2D eigenvalue weighted by atomic mass is 35.5. The fourth-order valence-corrected chi connectivity index (χ4v) is 3.05. The Labute approximate surface area is 160 Å². The number of carbonyl (C=O) groups excluding carboxylic acids is 2. The zero-order valence-electron chi connectivity index (χ0n) is 14.4. The molecule has 0 fully saturated rings. The van der Waals surface area contributed by atoms with E-state index in [2.05, 4.69) is 5.32 Å². The molecule has 1 aliphatic heterocycles. The minimum atomic E-state index is -1.06. The summed E-state index contributed by atoms with van der Waals surface area (Å²) in [5, 5.41) is 12.3. The van der Waals surface area contributed by atoms with Crippen molar-refractivity contribution in [2.24, 2.45) is 0 Å². The molecule has 0 saturated heterocycles. The van der Waals surface area contributed by atoms with Gasteiger partial charge in [0.15, 0.2) is 0 Å². The minimum absolute atomic E-state index is 0.0601. The fourth-order valence-electron chi connectivity index (χ4n) is 2.84. The topological polar surface area (TPSA) is 84.9 Å². The molecule has 1 amide bonds. The number of esters is 1. The van der Waals surface area contributed by atoms with Crippen LogP contribution in [0.25, 0.3) is 0 Å². The first-order valence-corrected chi connectivity index (χ1v) is 8.54. The molecule has 2 aromatic carbocycles. The van der Waals surface area contributed by atoms with Gasteiger partial charge in [-0.25, -0.2) is 4.39 Å². The molecule has 0 bridgehead atoms. The molecular formula is C18H16BClFNO5. The van der Waals surface area contributed by atoms with E-state index in [1.165, 1.54) is 18.2 Å². The predicted octanol–water partition coefficient (Wildman–Crippen LogP) is 1.48. The van der Waals surface area contributed by atoms with Gasteiger partial charge in [0.05, 0.1) is 11.6 Å². The van der Waals surface area contributed by atoms with Crippen LogP contribution in [0.15, 0.2) is 30.3 Å². The van der Waals surface area contributed by atoms with Crippen LogP contribution in [0.4, 0.5) is 4.39 Å². The molecule has 2 aromatic rings. The van der Waals surface area contributed by atoms with Crippen molar-refractivity contribution in [1.82, 2.24) is 5.32 Å². The molecule has 140 valence electrons. The second-order valence-corrected chi connectivity index (χ2v) is 6.47. The molecule has 0 unspecified atom stereocenters. The monoisotopic (exact) mass is 391 g/mol. The summed E-state index contributed by atoms with van der Waals surface area (Å²) in [6.45, 7) is 1.58. The van der Waals surface area contributed by atoms with Gasteiger partial charge in [0.1, 0.15) is 19.0 Å². The van der Waals surface area contributed by atoms with Crippen LogP contribution in [-0.4, -0.2) is 30.6 Å². The van der Waals surface area contributed by atoms with Crippen LogP contribution in [0.2, 0.25) is 5.02 Å². The third-order valence-corrected chi connectivity index (χ3v) is 4.56. The van der Waals surface area contributed by atoms with Gasteiger partial charge in [0.25, 0.3) is 5.91 Å². The number of fused-ring (bicyclic) bond motifs is 1. The quantitative estimate of drug-likeness (QED) is 0.596. The van der Waals surface area contributed by atoms with Gasteiger partial charge in [-0.15, -0.1) is 0 Å². The highest BCUT2D eigenvalue weighted by Gasteiger charge is 2.31. The van der Waals surface area contributed by atoms with E-state index in [0.29, 0.717) is 28.8 Å². The zero-order valence-corrected chi connectivity index (χ0v) is 15.2. The number of nitrogens with one attached hydrogen (secondary N) is 1. The standard InChI is InChI=1S/C18H16BClFNO5/c1-10-13(4-3-12-9-27-19(25)17(10)12)18(24)22-7-16(23)26-8-11-2-5-15(21)14(20)6-11/h2-6,25H,7-9H2,1H3,(H,22,24). The van der Waals surface area contributed by atoms with Crippen molar-refractivity contribution in [3.05, 3.63) is 63.4 Å². The van der Waals surface area contributed by atoms with Crippen molar-refractivity contribution in [2.45, 2.75) is 20.1 Å². The molecule has 0 aliphatic carbocycles. The fraction of sp³-hybridized carbons (Fsp3) is 0.222. The third-order valence-electron chi connectivity index (χ3n) is 4.27.